The van der Waals surface area contributed by atoms with Crippen LogP contribution in [0.4, 0.5) is 0 Å². The number of rotatable bonds is 3. The molecule has 1 N–H and O–H groups in total. The summed E-state index contributed by atoms with van der Waals surface area (Å²) in [7, 11) is -4.28. The minimum atomic E-state index is -4.28. The van der Waals surface area contributed by atoms with Crippen LogP contribution in [0.25, 0.3) is 10.8 Å². The number of fused-ring (bicyclic) bond motifs is 1. The summed E-state index contributed by atoms with van der Waals surface area (Å²) in [6, 6.07) is 20.4. The fraction of sp³-hybridized carbons (Fsp3) is 0.0588. The van der Waals surface area contributed by atoms with Crippen LogP contribution in [0.2, 0.25) is 0 Å². The molecule has 0 aromatic heterocycles. The Morgan fingerprint density at radius 2 is 1.45 bits per heavy atom. The van der Waals surface area contributed by atoms with Gasteiger partial charge in [0.2, 0.25) is 0 Å². The summed E-state index contributed by atoms with van der Waals surface area (Å²) in [5.74, 6) is 0. The largest absolute Gasteiger partial charge is 0.295 e. The Bertz CT molecular complexity index is 890. The first-order chi connectivity index (χ1) is 10.1. The van der Waals surface area contributed by atoms with Gasteiger partial charge in [-0.15, -0.1) is 0 Å². The van der Waals surface area contributed by atoms with E-state index in [4.69, 9.17) is 0 Å². The molecule has 0 unspecified atom stereocenters. The van der Waals surface area contributed by atoms with Crippen molar-refractivity contribution in [3.63, 3.8) is 0 Å². The van der Waals surface area contributed by atoms with Gasteiger partial charge in [0, 0.05) is 34.9 Å². The van der Waals surface area contributed by atoms with Gasteiger partial charge in [0.25, 0.3) is 10.1 Å². The molecule has 3 rings (SSSR count). The fourth-order valence-corrected chi connectivity index (χ4v) is 3.48. The molecule has 1 radical (unpaired) electrons. The second-order valence-corrected chi connectivity index (χ2v) is 6.27. The molecule has 107 valence electrons. The second kappa shape index (κ2) is 6.94. The topological polar surface area (TPSA) is 54.4 Å². The molecule has 0 spiro atoms. The quantitative estimate of drug-likeness (QED) is 0.595. The molecule has 0 bridgehead atoms. The summed E-state index contributed by atoms with van der Waals surface area (Å²) in [6.45, 7) is 0. The Morgan fingerprint density at radius 1 is 0.818 bits per heavy atom. The van der Waals surface area contributed by atoms with E-state index in [-0.39, 0.29) is 34.5 Å². The van der Waals surface area contributed by atoms with Gasteiger partial charge in [0.05, 0.1) is 0 Å². The maximum absolute atomic E-state index is 11.8. The number of benzene rings is 3. The van der Waals surface area contributed by atoms with E-state index >= 15 is 0 Å². The Kier molecular flexibility index (Phi) is 5.42. The third-order valence-corrected chi connectivity index (χ3v) is 4.45. The van der Waals surface area contributed by atoms with Gasteiger partial charge in [-0.3, -0.25) is 4.55 Å². The molecule has 0 saturated carbocycles. The molecule has 0 aliphatic rings. The Morgan fingerprint density at radius 3 is 2.14 bits per heavy atom. The summed E-state index contributed by atoms with van der Waals surface area (Å²) in [4.78, 5) is 0.00412. The zero-order chi connectivity index (χ0) is 14.9. The minimum absolute atomic E-state index is 0. The zero-order valence-electron chi connectivity index (χ0n) is 12.2. The molecule has 3 nitrogen and oxygen atoms in total. The van der Waals surface area contributed by atoms with Crippen LogP contribution in [-0.4, -0.2) is 42.5 Å². The van der Waals surface area contributed by atoms with Gasteiger partial charge in [0.15, 0.2) is 0 Å². The van der Waals surface area contributed by atoms with Crippen LogP contribution in [0, 0.1) is 0 Å². The standard InChI is InChI=1S/C17H14O3S.Na/c18-21(19,20)17-15(12-13-6-2-1-3-7-13)11-10-14-8-4-5-9-16(14)17;/h1-11H,12H2,(H,18,19,20);. The van der Waals surface area contributed by atoms with Crippen LogP contribution in [-0.2, 0) is 16.5 Å². The summed E-state index contributed by atoms with van der Waals surface area (Å²) >= 11 is 0. The Balaban J connectivity index is 0.00000176. The molecular formula is C17H14NaO3S. The van der Waals surface area contributed by atoms with Gasteiger partial charge in [-0.1, -0.05) is 66.7 Å². The fourth-order valence-electron chi connectivity index (χ4n) is 2.55. The first-order valence-electron chi connectivity index (χ1n) is 6.58. The molecule has 0 amide bonds. The molecule has 0 saturated heterocycles. The van der Waals surface area contributed by atoms with Crippen molar-refractivity contribution in [1.29, 1.82) is 0 Å². The van der Waals surface area contributed by atoms with E-state index in [1.165, 1.54) is 0 Å². The first-order valence-corrected chi connectivity index (χ1v) is 8.02. The monoisotopic (exact) mass is 321 g/mol. The van der Waals surface area contributed by atoms with Crippen LogP contribution in [0.1, 0.15) is 11.1 Å². The van der Waals surface area contributed by atoms with Crippen molar-refractivity contribution in [3.8, 4) is 0 Å². The van der Waals surface area contributed by atoms with Gasteiger partial charge in [-0.05, 0) is 22.9 Å². The van der Waals surface area contributed by atoms with Crippen molar-refractivity contribution in [2.75, 3.05) is 0 Å². The van der Waals surface area contributed by atoms with Crippen molar-refractivity contribution in [2.45, 2.75) is 11.3 Å². The van der Waals surface area contributed by atoms with Gasteiger partial charge in [-0.25, -0.2) is 0 Å². The smallest absolute Gasteiger partial charge is 0.282 e. The van der Waals surface area contributed by atoms with E-state index in [9.17, 15) is 13.0 Å². The van der Waals surface area contributed by atoms with Gasteiger partial charge in [0.1, 0.15) is 4.90 Å². The van der Waals surface area contributed by atoms with Crippen molar-refractivity contribution in [2.24, 2.45) is 0 Å². The first kappa shape index (κ1) is 17.2. The normalized spacial score (nSPS) is 11.1. The minimum Gasteiger partial charge on any atom is -0.282 e. The molecule has 0 aliphatic heterocycles. The van der Waals surface area contributed by atoms with Crippen LogP contribution in [0.3, 0.4) is 0 Å². The summed E-state index contributed by atoms with van der Waals surface area (Å²) in [5.41, 5.74) is 1.60. The third kappa shape index (κ3) is 3.59. The van der Waals surface area contributed by atoms with E-state index in [2.05, 4.69) is 0 Å². The van der Waals surface area contributed by atoms with Crippen molar-refractivity contribution < 1.29 is 13.0 Å². The summed E-state index contributed by atoms with van der Waals surface area (Å²) < 4.78 is 33.2. The van der Waals surface area contributed by atoms with Crippen molar-refractivity contribution in [3.05, 3.63) is 77.9 Å². The van der Waals surface area contributed by atoms with Gasteiger partial charge in [-0.2, -0.15) is 8.42 Å². The van der Waals surface area contributed by atoms with E-state index in [1.807, 2.05) is 48.5 Å². The maximum Gasteiger partial charge on any atom is 0.295 e. The average Bonchev–Trinajstić information content (AvgIpc) is 2.47. The van der Waals surface area contributed by atoms with Crippen LogP contribution in [0.15, 0.2) is 71.6 Å². The summed E-state index contributed by atoms with van der Waals surface area (Å²) in [6.07, 6.45) is 0.459. The zero-order valence-corrected chi connectivity index (χ0v) is 15.0. The number of hydrogen-bond donors (Lipinski definition) is 1. The average molecular weight is 321 g/mol. The molecule has 3 aromatic rings. The third-order valence-electron chi connectivity index (χ3n) is 3.46. The Hall–Kier alpha value is -1.17. The molecule has 0 aliphatic carbocycles. The van der Waals surface area contributed by atoms with Gasteiger partial charge >= 0.3 is 0 Å². The second-order valence-electron chi connectivity index (χ2n) is 4.91. The van der Waals surface area contributed by atoms with E-state index in [0.717, 1.165) is 10.9 Å². The number of hydrogen-bond acceptors (Lipinski definition) is 2. The maximum atomic E-state index is 11.8. The van der Waals surface area contributed by atoms with Crippen LogP contribution < -0.4 is 0 Å². The molecule has 0 fully saturated rings. The van der Waals surface area contributed by atoms with Crippen molar-refractivity contribution in [1.82, 2.24) is 0 Å². The molecule has 5 heteroatoms. The van der Waals surface area contributed by atoms with E-state index < -0.39 is 10.1 Å². The molecule has 0 atom stereocenters. The van der Waals surface area contributed by atoms with Gasteiger partial charge < -0.3 is 0 Å². The van der Waals surface area contributed by atoms with Crippen LogP contribution in [0.5, 0.6) is 0 Å². The van der Waals surface area contributed by atoms with E-state index in [1.54, 1.807) is 18.2 Å². The Labute approximate surface area is 152 Å². The SMILES string of the molecule is O=S(=O)(O)c1c(Cc2ccccc2)ccc2ccccc12.[Na]. The van der Waals surface area contributed by atoms with Crippen LogP contribution >= 0.6 is 0 Å². The van der Waals surface area contributed by atoms with E-state index in [0.29, 0.717) is 17.4 Å². The molecule has 3 aromatic carbocycles. The molecular weight excluding hydrogens is 307 g/mol. The summed E-state index contributed by atoms with van der Waals surface area (Å²) in [5, 5.41) is 1.34. The molecule has 22 heavy (non-hydrogen) atoms. The predicted octanol–water partition coefficient (Wildman–Crippen LogP) is 3.30. The van der Waals surface area contributed by atoms with Crippen molar-refractivity contribution >= 4 is 50.4 Å². The molecule has 0 heterocycles. The predicted molar refractivity (Wildman–Crippen MR) is 88.8 cm³/mol.